The number of aromatic nitrogens is 4. The lowest BCUT2D eigenvalue weighted by Crippen LogP contribution is -2.13. The third-order valence-electron chi connectivity index (χ3n) is 2.18. The van der Waals surface area contributed by atoms with Gasteiger partial charge in [-0.15, -0.1) is 5.10 Å². The minimum Gasteiger partial charge on any atom is -0.494 e. The molecule has 0 aliphatic carbocycles. The molecule has 8 heteroatoms. The quantitative estimate of drug-likeness (QED) is 0.779. The molecule has 100 valence electrons. The molecule has 0 aliphatic rings. The Bertz CT molecular complexity index is 554. The average molecular weight is 279 g/mol. The second kappa shape index (κ2) is 6.19. The molecule has 0 fully saturated rings. The van der Waals surface area contributed by atoms with Crippen LogP contribution in [0.2, 0.25) is 0 Å². The Hall–Kier alpha value is -2.09. The van der Waals surface area contributed by atoms with Gasteiger partial charge in [0.15, 0.2) is 0 Å². The van der Waals surface area contributed by atoms with Crippen LogP contribution >= 0.6 is 11.8 Å². The zero-order valence-electron chi connectivity index (χ0n) is 10.3. The van der Waals surface area contributed by atoms with E-state index in [-0.39, 0.29) is 5.75 Å². The van der Waals surface area contributed by atoms with Crippen LogP contribution in [-0.2, 0) is 4.79 Å². The molecule has 0 unspecified atom stereocenters. The monoisotopic (exact) mass is 279 g/mol. The molecule has 0 saturated heterocycles. The number of carbonyl (C=O) groups excluding carboxylic acids is 1. The van der Waals surface area contributed by atoms with Crippen molar-refractivity contribution in [1.82, 2.24) is 20.2 Å². The number of primary amides is 1. The van der Waals surface area contributed by atoms with Gasteiger partial charge < -0.3 is 10.5 Å². The van der Waals surface area contributed by atoms with Crippen molar-refractivity contribution in [2.45, 2.75) is 12.1 Å². The van der Waals surface area contributed by atoms with Crippen LogP contribution in [0.25, 0.3) is 5.69 Å². The maximum atomic E-state index is 10.8. The van der Waals surface area contributed by atoms with Crippen LogP contribution in [0.15, 0.2) is 29.4 Å². The van der Waals surface area contributed by atoms with E-state index in [1.807, 2.05) is 31.2 Å². The van der Waals surface area contributed by atoms with Gasteiger partial charge in [-0.1, -0.05) is 11.8 Å². The standard InChI is InChI=1S/C11H13N5O2S/c1-2-18-9-5-3-8(4-6-9)16-11(13-14-15-16)19-7-10(12)17/h3-6H,2,7H2,1H3,(H2,12,17). The predicted octanol–water partition coefficient (Wildman–Crippen LogP) is 0.638. The average Bonchev–Trinajstić information content (AvgIpc) is 2.86. The van der Waals surface area contributed by atoms with E-state index in [1.165, 1.54) is 11.8 Å². The highest BCUT2D eigenvalue weighted by atomic mass is 32.2. The minimum absolute atomic E-state index is 0.136. The summed E-state index contributed by atoms with van der Waals surface area (Å²) < 4.78 is 6.91. The van der Waals surface area contributed by atoms with Crippen LogP contribution in [0, 0.1) is 0 Å². The number of rotatable bonds is 6. The SMILES string of the molecule is CCOc1ccc(-n2nnnc2SCC(N)=O)cc1. The Kier molecular flexibility index (Phi) is 4.35. The number of hydrogen-bond acceptors (Lipinski definition) is 6. The van der Waals surface area contributed by atoms with Crippen molar-refractivity contribution in [3.63, 3.8) is 0 Å². The Morgan fingerprint density at radius 3 is 2.79 bits per heavy atom. The van der Waals surface area contributed by atoms with Crippen molar-refractivity contribution in [3.05, 3.63) is 24.3 Å². The number of nitrogens with two attached hydrogens (primary N) is 1. The van der Waals surface area contributed by atoms with Gasteiger partial charge in [-0.2, -0.15) is 4.68 Å². The van der Waals surface area contributed by atoms with E-state index in [4.69, 9.17) is 10.5 Å². The lowest BCUT2D eigenvalue weighted by Gasteiger charge is -2.05. The third kappa shape index (κ3) is 3.44. The molecule has 0 atom stereocenters. The van der Waals surface area contributed by atoms with Crippen LogP contribution in [0.5, 0.6) is 5.75 Å². The summed E-state index contributed by atoms with van der Waals surface area (Å²) in [6.07, 6.45) is 0. The first-order valence-corrected chi connectivity index (χ1v) is 6.62. The number of amides is 1. The van der Waals surface area contributed by atoms with Crippen molar-refractivity contribution < 1.29 is 9.53 Å². The molecule has 2 aromatic rings. The number of tetrazole rings is 1. The molecular weight excluding hydrogens is 266 g/mol. The second-order valence-corrected chi connectivity index (χ2v) is 4.50. The summed E-state index contributed by atoms with van der Waals surface area (Å²) in [5.41, 5.74) is 5.89. The van der Waals surface area contributed by atoms with Gasteiger partial charge in [-0.05, 0) is 41.6 Å². The summed E-state index contributed by atoms with van der Waals surface area (Å²) in [5, 5.41) is 11.8. The highest BCUT2D eigenvalue weighted by Crippen LogP contribution is 2.20. The molecule has 7 nitrogen and oxygen atoms in total. The van der Waals surface area contributed by atoms with Crippen LogP contribution in [0.3, 0.4) is 0 Å². The first-order valence-electron chi connectivity index (χ1n) is 5.63. The lowest BCUT2D eigenvalue weighted by molar-refractivity contribution is -0.115. The number of hydrogen-bond donors (Lipinski definition) is 1. The van der Waals surface area contributed by atoms with Crippen LogP contribution in [0.1, 0.15) is 6.92 Å². The molecule has 1 heterocycles. The van der Waals surface area contributed by atoms with Crippen molar-refractivity contribution in [2.75, 3.05) is 12.4 Å². The lowest BCUT2D eigenvalue weighted by atomic mass is 10.3. The van der Waals surface area contributed by atoms with Crippen LogP contribution < -0.4 is 10.5 Å². The third-order valence-corrected chi connectivity index (χ3v) is 3.12. The van der Waals surface area contributed by atoms with E-state index in [0.29, 0.717) is 11.8 Å². The van der Waals surface area contributed by atoms with E-state index in [9.17, 15) is 4.79 Å². The van der Waals surface area contributed by atoms with E-state index >= 15 is 0 Å². The molecule has 0 bridgehead atoms. The van der Waals surface area contributed by atoms with Gasteiger partial charge in [0.05, 0.1) is 18.0 Å². The molecular formula is C11H13N5O2S. The van der Waals surface area contributed by atoms with Crippen LogP contribution in [0.4, 0.5) is 0 Å². The predicted molar refractivity (Wildman–Crippen MR) is 70.2 cm³/mol. The fourth-order valence-electron chi connectivity index (χ4n) is 1.42. The maximum absolute atomic E-state index is 10.8. The zero-order chi connectivity index (χ0) is 13.7. The first kappa shape index (κ1) is 13.3. The molecule has 0 aliphatic heterocycles. The summed E-state index contributed by atoms with van der Waals surface area (Å²) in [7, 11) is 0. The summed E-state index contributed by atoms with van der Waals surface area (Å²) >= 11 is 1.19. The Labute approximate surface area is 114 Å². The molecule has 2 rings (SSSR count). The number of benzene rings is 1. The first-order chi connectivity index (χ1) is 9.20. The summed E-state index contributed by atoms with van der Waals surface area (Å²) in [6, 6.07) is 7.36. The van der Waals surface area contributed by atoms with Crippen LogP contribution in [-0.4, -0.2) is 38.5 Å². The normalized spacial score (nSPS) is 10.4. The summed E-state index contributed by atoms with van der Waals surface area (Å²) in [4.78, 5) is 10.8. The molecule has 0 radical (unpaired) electrons. The van der Waals surface area contributed by atoms with Crippen molar-refractivity contribution in [1.29, 1.82) is 0 Å². The fourth-order valence-corrected chi connectivity index (χ4v) is 2.05. The number of carbonyl (C=O) groups is 1. The topological polar surface area (TPSA) is 95.9 Å². The maximum Gasteiger partial charge on any atom is 0.227 e. The van der Waals surface area contributed by atoms with Crippen molar-refractivity contribution in [2.24, 2.45) is 5.73 Å². The van der Waals surface area contributed by atoms with Gasteiger partial charge in [0.25, 0.3) is 0 Å². The Morgan fingerprint density at radius 1 is 1.42 bits per heavy atom. The van der Waals surface area contributed by atoms with E-state index in [1.54, 1.807) is 4.68 Å². The van der Waals surface area contributed by atoms with E-state index < -0.39 is 5.91 Å². The Morgan fingerprint density at radius 2 is 2.16 bits per heavy atom. The molecule has 2 N–H and O–H groups in total. The number of nitrogens with zero attached hydrogens (tertiary/aromatic N) is 4. The second-order valence-electron chi connectivity index (χ2n) is 3.56. The Balaban J connectivity index is 2.17. The highest BCUT2D eigenvalue weighted by molar-refractivity contribution is 7.99. The molecule has 0 spiro atoms. The van der Waals surface area contributed by atoms with Gasteiger partial charge in [0, 0.05) is 0 Å². The number of thioether (sulfide) groups is 1. The van der Waals surface area contributed by atoms with Gasteiger partial charge in [-0.25, -0.2) is 0 Å². The van der Waals surface area contributed by atoms with Crippen molar-refractivity contribution >= 4 is 17.7 Å². The minimum atomic E-state index is -0.411. The molecule has 1 aromatic heterocycles. The zero-order valence-corrected chi connectivity index (χ0v) is 11.1. The molecule has 1 amide bonds. The molecule has 1 aromatic carbocycles. The van der Waals surface area contributed by atoms with Gasteiger partial charge in [0.1, 0.15) is 5.75 Å². The molecule has 0 saturated carbocycles. The van der Waals surface area contributed by atoms with Gasteiger partial charge >= 0.3 is 0 Å². The van der Waals surface area contributed by atoms with Gasteiger partial charge in [0.2, 0.25) is 11.1 Å². The summed E-state index contributed by atoms with van der Waals surface area (Å²) in [6.45, 7) is 2.54. The fraction of sp³-hybridized carbons (Fsp3) is 0.273. The van der Waals surface area contributed by atoms with Gasteiger partial charge in [-0.3, -0.25) is 4.79 Å². The molecule has 19 heavy (non-hydrogen) atoms. The smallest absolute Gasteiger partial charge is 0.227 e. The van der Waals surface area contributed by atoms with Crippen molar-refractivity contribution in [3.8, 4) is 11.4 Å². The highest BCUT2D eigenvalue weighted by Gasteiger charge is 2.10. The van der Waals surface area contributed by atoms with E-state index in [0.717, 1.165) is 11.4 Å². The number of ether oxygens (including phenoxy) is 1. The largest absolute Gasteiger partial charge is 0.494 e. The summed E-state index contributed by atoms with van der Waals surface area (Å²) in [5.74, 6) is 0.508. The van der Waals surface area contributed by atoms with E-state index in [2.05, 4.69) is 15.5 Å².